The van der Waals surface area contributed by atoms with Crippen molar-refractivity contribution in [3.8, 4) is 6.07 Å². The minimum Gasteiger partial charge on any atom is -0.598 e. The highest BCUT2D eigenvalue weighted by molar-refractivity contribution is 7.90. The number of nitriles is 1. The summed E-state index contributed by atoms with van der Waals surface area (Å²) >= 11 is -1.48. The molecule has 9 heteroatoms. The van der Waals surface area contributed by atoms with E-state index in [9.17, 15) is 14.6 Å². The van der Waals surface area contributed by atoms with Gasteiger partial charge in [0.05, 0.1) is 29.5 Å². The van der Waals surface area contributed by atoms with Gasteiger partial charge in [0.2, 0.25) is 5.91 Å². The lowest BCUT2D eigenvalue weighted by Crippen LogP contribution is -2.52. The van der Waals surface area contributed by atoms with Crippen LogP contribution in [0.2, 0.25) is 0 Å². The zero-order valence-corrected chi connectivity index (χ0v) is 23.3. The average Bonchev–Trinajstić information content (AvgIpc) is 3.60. The number of hydrogen-bond donors (Lipinski definition) is 3. The lowest BCUT2D eigenvalue weighted by Gasteiger charge is -2.39. The Balaban J connectivity index is 1.77. The summed E-state index contributed by atoms with van der Waals surface area (Å²) in [6.07, 6.45) is 4.22. The summed E-state index contributed by atoms with van der Waals surface area (Å²) in [5.41, 5.74) is 1.03. The first kappa shape index (κ1) is 28.5. The fraction of sp³-hybridized carbons (Fsp3) is 0.517. The molecule has 1 aliphatic carbocycles. The molecule has 2 aromatic carbocycles. The van der Waals surface area contributed by atoms with E-state index >= 15 is 4.39 Å². The van der Waals surface area contributed by atoms with E-state index in [1.54, 1.807) is 31.4 Å². The molecule has 38 heavy (non-hydrogen) atoms. The maximum absolute atomic E-state index is 15.1. The first-order valence-corrected chi connectivity index (χ1v) is 14.3. The molecule has 0 unspecified atom stereocenters. The lowest BCUT2D eigenvalue weighted by molar-refractivity contribution is -0.118. The molecule has 4 atom stereocenters. The van der Waals surface area contributed by atoms with Gasteiger partial charge in [-0.05, 0) is 81.3 Å². The fourth-order valence-electron chi connectivity index (χ4n) is 4.81. The number of methoxy groups -OCH3 is 1. The van der Waals surface area contributed by atoms with E-state index in [2.05, 4.69) is 21.4 Å². The van der Waals surface area contributed by atoms with Crippen LogP contribution in [0.5, 0.6) is 0 Å². The number of halogens is 1. The summed E-state index contributed by atoms with van der Waals surface area (Å²) in [6, 6.07) is 13.6. The Kier molecular flexibility index (Phi) is 8.80. The summed E-state index contributed by atoms with van der Waals surface area (Å²) in [4.78, 5) is 13.0. The number of ether oxygens (including phenoxy) is 1. The lowest BCUT2D eigenvalue weighted by atomic mass is 9.79. The largest absolute Gasteiger partial charge is 0.598 e. The van der Waals surface area contributed by atoms with Crippen LogP contribution in [0.15, 0.2) is 42.5 Å². The van der Waals surface area contributed by atoms with Crippen molar-refractivity contribution < 1.29 is 18.5 Å². The fourth-order valence-corrected chi connectivity index (χ4v) is 5.77. The first-order valence-electron chi connectivity index (χ1n) is 13.1. The molecule has 1 saturated heterocycles. The topological polar surface area (TPSA) is 109 Å². The summed E-state index contributed by atoms with van der Waals surface area (Å²) in [7, 11) is 1.60. The molecule has 1 aliphatic heterocycles. The molecule has 1 saturated carbocycles. The summed E-state index contributed by atoms with van der Waals surface area (Å²) in [5.74, 6) is -0.302. The highest BCUT2D eigenvalue weighted by atomic mass is 32.2. The van der Waals surface area contributed by atoms with Crippen LogP contribution in [0, 0.1) is 23.1 Å². The van der Waals surface area contributed by atoms with Crippen molar-refractivity contribution in [1.82, 2.24) is 10.0 Å². The Morgan fingerprint density at radius 1 is 1.24 bits per heavy atom. The molecule has 0 spiro atoms. The first-order chi connectivity index (χ1) is 18.1. The van der Waals surface area contributed by atoms with Gasteiger partial charge in [-0.1, -0.05) is 31.0 Å². The van der Waals surface area contributed by atoms with Gasteiger partial charge in [-0.3, -0.25) is 4.79 Å². The Morgan fingerprint density at radius 2 is 1.97 bits per heavy atom. The molecule has 0 radical (unpaired) electrons. The number of hydrogen-bond acceptors (Lipinski definition) is 6. The van der Waals surface area contributed by atoms with Gasteiger partial charge in [0.1, 0.15) is 16.1 Å². The predicted molar refractivity (Wildman–Crippen MR) is 147 cm³/mol. The maximum atomic E-state index is 15.1. The quantitative estimate of drug-likeness (QED) is 0.383. The Morgan fingerprint density at radius 3 is 2.61 bits per heavy atom. The number of nitrogens with one attached hydrogen (secondary N) is 3. The molecule has 2 fully saturated rings. The zero-order valence-electron chi connectivity index (χ0n) is 22.5. The molecule has 4 rings (SSSR count). The number of amides is 1. The number of nitrogens with zero attached hydrogens (tertiary/aromatic N) is 1. The number of anilines is 1. The van der Waals surface area contributed by atoms with Gasteiger partial charge in [-0.15, -0.1) is 4.72 Å². The SMILES string of the molecule is CO[C@H]1CN[C@@H](C(=O)Nc2cc([C@](CCC3CC3)(N[S@+]([O-])C(C)(C)C)c3cccc(C#N)c3)ccc2F)C1. The van der Waals surface area contributed by atoms with Gasteiger partial charge in [-0.2, -0.15) is 5.26 Å². The highest BCUT2D eigenvalue weighted by Gasteiger charge is 2.43. The Bertz CT molecular complexity index is 1190. The van der Waals surface area contributed by atoms with Crippen LogP contribution >= 0.6 is 0 Å². The van der Waals surface area contributed by atoms with Crippen LogP contribution in [0.1, 0.15) is 69.6 Å². The standard InChI is InChI=1S/C29H37FN4O3S/c1-28(2,3)38(36)34-29(13-12-19-8-9-19,21-7-5-6-20(14-21)17-31)22-10-11-24(30)25(15-22)33-27(35)26-16-23(37-4)18-32-26/h5-7,10-11,14-15,19,23,26,32,34H,8-9,12-13,16,18H2,1-4H3,(H,33,35)/t23-,26-,29-,38-/m1/s1. The molecule has 0 aromatic heterocycles. The number of benzene rings is 2. The molecule has 1 heterocycles. The van der Waals surface area contributed by atoms with Gasteiger partial charge >= 0.3 is 0 Å². The van der Waals surface area contributed by atoms with Gasteiger partial charge in [0, 0.05) is 25.0 Å². The van der Waals surface area contributed by atoms with Gasteiger partial charge in [0.15, 0.2) is 0 Å². The van der Waals surface area contributed by atoms with Crippen molar-refractivity contribution in [3.63, 3.8) is 0 Å². The second-order valence-corrected chi connectivity index (χ2v) is 13.3. The second kappa shape index (κ2) is 11.7. The molecule has 1 amide bonds. The maximum Gasteiger partial charge on any atom is 0.241 e. The van der Waals surface area contributed by atoms with E-state index in [4.69, 9.17) is 4.74 Å². The predicted octanol–water partition coefficient (Wildman–Crippen LogP) is 4.50. The second-order valence-electron chi connectivity index (χ2n) is 11.3. The normalized spacial score (nSPS) is 21.9. The van der Waals surface area contributed by atoms with Gasteiger partial charge in [0.25, 0.3) is 0 Å². The van der Waals surface area contributed by atoms with Crippen molar-refractivity contribution in [2.45, 2.75) is 75.3 Å². The third-order valence-corrected chi connectivity index (χ3v) is 9.04. The molecule has 0 bridgehead atoms. The third-order valence-electron chi connectivity index (χ3n) is 7.39. The summed E-state index contributed by atoms with van der Waals surface area (Å²) < 4.78 is 36.8. The molecule has 204 valence electrons. The molecular weight excluding hydrogens is 503 g/mol. The number of carbonyl (C=O) groups excluding carboxylic acids is 1. The van der Waals surface area contributed by atoms with E-state index in [0.717, 1.165) is 24.8 Å². The molecule has 3 N–H and O–H groups in total. The van der Waals surface area contributed by atoms with E-state index in [1.807, 2.05) is 32.9 Å². The van der Waals surface area contributed by atoms with E-state index in [0.29, 0.717) is 36.4 Å². The summed E-state index contributed by atoms with van der Waals surface area (Å²) in [5, 5.41) is 15.5. The van der Waals surface area contributed by atoms with Crippen LogP contribution in [-0.4, -0.2) is 41.0 Å². The number of carbonyl (C=O) groups is 1. The van der Waals surface area contributed by atoms with Gasteiger partial charge in [-0.25, -0.2) is 4.39 Å². The van der Waals surface area contributed by atoms with Crippen LogP contribution in [0.4, 0.5) is 10.1 Å². The van der Waals surface area contributed by atoms with Crippen molar-refractivity contribution in [1.29, 1.82) is 5.26 Å². The van der Waals surface area contributed by atoms with E-state index < -0.39 is 33.5 Å². The highest BCUT2D eigenvalue weighted by Crippen LogP contribution is 2.43. The summed E-state index contributed by atoms with van der Waals surface area (Å²) in [6.45, 7) is 6.24. The molecule has 7 nitrogen and oxygen atoms in total. The molecule has 2 aromatic rings. The zero-order chi connectivity index (χ0) is 27.5. The van der Waals surface area contributed by atoms with E-state index in [-0.39, 0.29) is 17.7 Å². The minimum absolute atomic E-state index is 0.0609. The molecular formula is C29H37FN4O3S. The number of rotatable bonds is 10. The van der Waals surface area contributed by atoms with Crippen LogP contribution < -0.4 is 15.4 Å². The minimum atomic E-state index is -1.48. The van der Waals surface area contributed by atoms with Crippen molar-refractivity contribution in [2.24, 2.45) is 5.92 Å². The molecule has 2 aliphatic rings. The van der Waals surface area contributed by atoms with Crippen molar-refractivity contribution >= 4 is 23.0 Å². The Labute approximate surface area is 227 Å². The van der Waals surface area contributed by atoms with Crippen LogP contribution in [0.3, 0.4) is 0 Å². The Hall–Kier alpha value is -2.48. The van der Waals surface area contributed by atoms with Crippen molar-refractivity contribution in [2.75, 3.05) is 19.0 Å². The van der Waals surface area contributed by atoms with Crippen LogP contribution in [-0.2, 0) is 26.4 Å². The van der Waals surface area contributed by atoms with E-state index in [1.165, 1.54) is 6.07 Å². The van der Waals surface area contributed by atoms with Crippen LogP contribution in [0.25, 0.3) is 0 Å². The third kappa shape index (κ3) is 6.56. The smallest absolute Gasteiger partial charge is 0.241 e. The monoisotopic (exact) mass is 540 g/mol. The van der Waals surface area contributed by atoms with Crippen molar-refractivity contribution in [3.05, 3.63) is 65.0 Å². The average molecular weight is 541 g/mol. The van der Waals surface area contributed by atoms with Gasteiger partial charge < -0.3 is 19.9 Å².